The maximum atomic E-state index is 10.8. The molecule has 21 heavy (non-hydrogen) atoms. The van der Waals surface area contributed by atoms with Gasteiger partial charge in [0.25, 0.3) is 0 Å². The average Bonchev–Trinajstić information content (AvgIpc) is 2.43. The summed E-state index contributed by atoms with van der Waals surface area (Å²) < 4.78 is 5.42. The Balaban J connectivity index is 2.43. The number of aliphatic hydroxyl groups is 1. The minimum Gasteiger partial charge on any atom is -0.491 e. The zero-order valence-corrected chi connectivity index (χ0v) is 12.2. The molecule has 0 spiro atoms. The van der Waals surface area contributed by atoms with E-state index in [0.29, 0.717) is 5.75 Å². The fourth-order valence-electron chi connectivity index (χ4n) is 1.70. The number of amides is 1. The van der Waals surface area contributed by atoms with E-state index in [1.165, 1.54) is 5.01 Å². The van der Waals surface area contributed by atoms with Crippen molar-refractivity contribution in [3.8, 4) is 5.75 Å². The third-order valence-corrected chi connectivity index (χ3v) is 2.84. The van der Waals surface area contributed by atoms with Crippen LogP contribution in [0.3, 0.4) is 0 Å². The summed E-state index contributed by atoms with van der Waals surface area (Å²) in [6.45, 7) is 3.79. The summed E-state index contributed by atoms with van der Waals surface area (Å²) in [5.74, 6) is 0.173. The topological polar surface area (TPSA) is 105 Å². The predicted octanol–water partition coefficient (Wildman–Crippen LogP) is 0.846. The summed E-state index contributed by atoms with van der Waals surface area (Å²) in [5, 5.41) is 13.9. The van der Waals surface area contributed by atoms with Crippen LogP contribution >= 0.6 is 0 Å². The fourth-order valence-corrected chi connectivity index (χ4v) is 1.70. The number of ether oxygens (including phenoxy) is 1. The number of carbonyl (C=O) groups excluding carboxylic acids is 1. The number of nitrogens with two attached hydrogens (primary N) is 1. The van der Waals surface area contributed by atoms with Gasteiger partial charge in [0.15, 0.2) is 0 Å². The number of hydrogen-bond acceptors (Lipinski definition) is 5. The molecule has 1 atom stereocenters. The van der Waals surface area contributed by atoms with E-state index in [-0.39, 0.29) is 25.6 Å². The Labute approximate surface area is 123 Å². The normalized spacial score (nSPS) is 12.0. The summed E-state index contributed by atoms with van der Waals surface area (Å²) in [6.07, 6.45) is -0.646. The molecule has 0 radical (unpaired) electrons. The van der Waals surface area contributed by atoms with Gasteiger partial charge >= 0.3 is 0 Å². The molecular formula is C14H21N3O4. The first-order chi connectivity index (χ1) is 9.92. The summed E-state index contributed by atoms with van der Waals surface area (Å²) in [4.78, 5) is 21.3. The molecular weight excluding hydrogens is 274 g/mol. The van der Waals surface area contributed by atoms with Crippen LogP contribution in [-0.2, 0) is 11.2 Å². The molecule has 1 unspecified atom stereocenters. The van der Waals surface area contributed by atoms with Crippen LogP contribution in [0.25, 0.3) is 0 Å². The molecule has 1 amide bonds. The van der Waals surface area contributed by atoms with Gasteiger partial charge in [-0.2, -0.15) is 0 Å². The van der Waals surface area contributed by atoms with E-state index in [2.05, 4.69) is 5.29 Å². The first-order valence-electron chi connectivity index (χ1n) is 6.70. The number of nitrogens with zero attached hydrogens (tertiary/aromatic N) is 2. The Morgan fingerprint density at radius 1 is 1.38 bits per heavy atom. The molecule has 0 heterocycles. The number of primary amides is 1. The molecule has 7 heteroatoms. The van der Waals surface area contributed by atoms with E-state index in [1.54, 1.807) is 24.3 Å². The van der Waals surface area contributed by atoms with Gasteiger partial charge in [-0.15, -0.1) is 4.91 Å². The van der Waals surface area contributed by atoms with Gasteiger partial charge in [-0.05, 0) is 31.5 Å². The Morgan fingerprint density at radius 3 is 2.48 bits per heavy atom. The van der Waals surface area contributed by atoms with Crippen molar-refractivity contribution in [1.82, 2.24) is 5.01 Å². The third kappa shape index (κ3) is 6.22. The van der Waals surface area contributed by atoms with E-state index in [0.717, 1.165) is 5.56 Å². The molecule has 0 fully saturated rings. The van der Waals surface area contributed by atoms with Crippen LogP contribution in [-0.4, -0.2) is 41.3 Å². The second-order valence-electron chi connectivity index (χ2n) is 5.05. The molecule has 0 aliphatic heterocycles. The van der Waals surface area contributed by atoms with Gasteiger partial charge in [-0.25, -0.2) is 0 Å². The van der Waals surface area contributed by atoms with Gasteiger partial charge in [0, 0.05) is 6.04 Å². The molecule has 0 aromatic heterocycles. The average molecular weight is 295 g/mol. The van der Waals surface area contributed by atoms with E-state index < -0.39 is 12.0 Å². The molecule has 116 valence electrons. The fraction of sp³-hybridized carbons (Fsp3) is 0.500. The van der Waals surface area contributed by atoms with Crippen LogP contribution in [0.1, 0.15) is 19.4 Å². The smallest absolute Gasteiger partial charge is 0.221 e. The van der Waals surface area contributed by atoms with E-state index in [9.17, 15) is 14.8 Å². The lowest BCUT2D eigenvalue weighted by atomic mass is 10.1. The lowest BCUT2D eigenvalue weighted by molar-refractivity contribution is -0.117. The Bertz CT molecular complexity index is 462. The summed E-state index contributed by atoms with van der Waals surface area (Å²) in [5.41, 5.74) is 5.90. The number of carbonyl (C=O) groups is 1. The Kier molecular flexibility index (Phi) is 6.61. The first-order valence-corrected chi connectivity index (χ1v) is 6.70. The van der Waals surface area contributed by atoms with Crippen molar-refractivity contribution in [3.63, 3.8) is 0 Å². The third-order valence-electron chi connectivity index (χ3n) is 2.84. The highest BCUT2D eigenvalue weighted by Gasteiger charge is 2.14. The zero-order valence-electron chi connectivity index (χ0n) is 12.2. The molecule has 0 saturated heterocycles. The minimum absolute atomic E-state index is 0.0495. The number of benzene rings is 1. The highest BCUT2D eigenvalue weighted by atomic mass is 16.5. The maximum absolute atomic E-state index is 10.8. The van der Waals surface area contributed by atoms with Crippen LogP contribution in [0, 0.1) is 4.91 Å². The molecule has 1 rings (SSSR count). The van der Waals surface area contributed by atoms with Crippen LogP contribution < -0.4 is 10.5 Å². The molecule has 3 N–H and O–H groups in total. The predicted molar refractivity (Wildman–Crippen MR) is 78.5 cm³/mol. The maximum Gasteiger partial charge on any atom is 0.221 e. The minimum atomic E-state index is -0.824. The lowest BCUT2D eigenvalue weighted by Crippen LogP contribution is -2.36. The highest BCUT2D eigenvalue weighted by Crippen LogP contribution is 2.13. The molecule has 1 aromatic rings. The van der Waals surface area contributed by atoms with Crippen molar-refractivity contribution in [2.45, 2.75) is 32.4 Å². The van der Waals surface area contributed by atoms with Crippen LogP contribution in [0.2, 0.25) is 0 Å². The monoisotopic (exact) mass is 295 g/mol. The van der Waals surface area contributed by atoms with Gasteiger partial charge in [-0.3, -0.25) is 9.80 Å². The molecule has 0 bridgehead atoms. The van der Waals surface area contributed by atoms with Crippen molar-refractivity contribution in [2.24, 2.45) is 11.0 Å². The van der Waals surface area contributed by atoms with Gasteiger partial charge in [0.1, 0.15) is 18.5 Å². The molecule has 7 nitrogen and oxygen atoms in total. The number of nitroso groups, excluding NO2 is 1. The van der Waals surface area contributed by atoms with E-state index in [4.69, 9.17) is 10.5 Å². The van der Waals surface area contributed by atoms with Crippen LogP contribution in [0.5, 0.6) is 5.75 Å². The van der Waals surface area contributed by atoms with Crippen LogP contribution in [0.4, 0.5) is 0 Å². The van der Waals surface area contributed by atoms with Crippen molar-refractivity contribution in [2.75, 3.05) is 13.2 Å². The zero-order chi connectivity index (χ0) is 15.8. The second-order valence-corrected chi connectivity index (χ2v) is 5.05. The number of hydrogen-bond donors (Lipinski definition) is 2. The van der Waals surface area contributed by atoms with Crippen LogP contribution in [0.15, 0.2) is 29.6 Å². The van der Waals surface area contributed by atoms with E-state index in [1.807, 2.05) is 13.8 Å². The highest BCUT2D eigenvalue weighted by molar-refractivity contribution is 5.76. The van der Waals surface area contributed by atoms with Crippen molar-refractivity contribution >= 4 is 5.91 Å². The van der Waals surface area contributed by atoms with E-state index >= 15 is 0 Å². The first kappa shape index (κ1) is 16.9. The summed E-state index contributed by atoms with van der Waals surface area (Å²) in [6, 6.07) is 6.79. The van der Waals surface area contributed by atoms with Gasteiger partial charge in [0.2, 0.25) is 5.91 Å². The lowest BCUT2D eigenvalue weighted by Gasteiger charge is -2.22. The number of rotatable bonds is 9. The standard InChI is InChI=1S/C14H21N3O4/c1-10(2)17(16-20)8-12(18)9-21-13-5-3-11(4-6-13)7-14(15)19/h3-6,10,12,18H,7-9H2,1-2H3,(H2,15,19). The van der Waals surface area contributed by atoms with Gasteiger partial charge in [0.05, 0.1) is 18.3 Å². The van der Waals surface area contributed by atoms with Crippen molar-refractivity contribution in [3.05, 3.63) is 34.7 Å². The molecule has 0 aliphatic carbocycles. The Morgan fingerprint density at radius 2 is 2.00 bits per heavy atom. The van der Waals surface area contributed by atoms with Gasteiger partial charge in [-0.1, -0.05) is 12.1 Å². The quantitative estimate of drug-likeness (QED) is 0.519. The van der Waals surface area contributed by atoms with Gasteiger partial charge < -0.3 is 15.6 Å². The molecule has 0 aliphatic rings. The molecule has 1 aromatic carbocycles. The molecule has 0 saturated carbocycles. The Hall–Kier alpha value is -2.15. The van der Waals surface area contributed by atoms with Crippen molar-refractivity contribution in [1.29, 1.82) is 0 Å². The summed E-state index contributed by atoms with van der Waals surface area (Å²) in [7, 11) is 0. The second kappa shape index (κ2) is 8.21. The largest absolute Gasteiger partial charge is 0.491 e. The number of aliphatic hydroxyl groups excluding tert-OH is 1. The summed E-state index contributed by atoms with van der Waals surface area (Å²) >= 11 is 0. The SMILES string of the molecule is CC(C)N(CC(O)COc1ccc(CC(N)=O)cc1)N=O. The van der Waals surface area contributed by atoms with Crippen molar-refractivity contribution < 1.29 is 14.6 Å².